The molecule has 2 aromatic rings. The standard InChI is InChI=1S/C17H23BrN4O2/c1-11(2)7-12(3)24-15-8-13(5-6-19-15)9-20-14-10-21-22(4)17(23)16(14)18/h5-6,8,10-12,20H,7,9H2,1-4H3. The van der Waals surface area contributed by atoms with Crippen molar-refractivity contribution in [3.05, 3.63) is 44.9 Å². The smallest absolute Gasteiger partial charge is 0.282 e. The highest BCUT2D eigenvalue weighted by Crippen LogP contribution is 2.19. The van der Waals surface area contributed by atoms with Gasteiger partial charge in [0, 0.05) is 25.9 Å². The Hall–Kier alpha value is -1.89. The summed E-state index contributed by atoms with van der Waals surface area (Å²) in [6.07, 6.45) is 4.45. The molecule has 0 saturated heterocycles. The van der Waals surface area contributed by atoms with Crippen LogP contribution in [0.2, 0.25) is 0 Å². The molecule has 24 heavy (non-hydrogen) atoms. The van der Waals surface area contributed by atoms with Crippen LogP contribution in [0.15, 0.2) is 33.8 Å². The third-order valence-corrected chi connectivity index (χ3v) is 4.25. The SMILES string of the molecule is CC(C)CC(C)Oc1cc(CNc2cnn(C)c(=O)c2Br)ccn1. The monoisotopic (exact) mass is 394 g/mol. The van der Waals surface area contributed by atoms with Crippen LogP contribution >= 0.6 is 15.9 Å². The Kier molecular flexibility index (Phi) is 6.36. The number of hydrogen-bond acceptors (Lipinski definition) is 5. The summed E-state index contributed by atoms with van der Waals surface area (Å²) < 4.78 is 7.61. The minimum Gasteiger partial charge on any atom is -0.475 e. The van der Waals surface area contributed by atoms with Crippen molar-refractivity contribution in [3.8, 4) is 5.88 Å². The van der Waals surface area contributed by atoms with Crippen molar-refractivity contribution in [3.63, 3.8) is 0 Å². The molecule has 130 valence electrons. The number of rotatable bonds is 7. The second kappa shape index (κ2) is 8.28. The van der Waals surface area contributed by atoms with Crippen molar-refractivity contribution in [1.29, 1.82) is 0 Å². The number of nitrogens with zero attached hydrogens (tertiary/aromatic N) is 3. The first-order chi connectivity index (χ1) is 11.4. The van der Waals surface area contributed by atoms with Crippen molar-refractivity contribution in [1.82, 2.24) is 14.8 Å². The van der Waals surface area contributed by atoms with Crippen LogP contribution in [0.25, 0.3) is 0 Å². The van der Waals surface area contributed by atoms with E-state index in [4.69, 9.17) is 4.74 Å². The fourth-order valence-corrected chi connectivity index (χ4v) is 2.87. The van der Waals surface area contributed by atoms with E-state index in [0.717, 1.165) is 12.0 Å². The van der Waals surface area contributed by atoms with Crippen LogP contribution in [0.4, 0.5) is 5.69 Å². The Morgan fingerprint density at radius 2 is 2.12 bits per heavy atom. The van der Waals surface area contributed by atoms with Gasteiger partial charge in [0.05, 0.1) is 18.0 Å². The minimum atomic E-state index is -0.179. The van der Waals surface area contributed by atoms with Crippen LogP contribution in [-0.4, -0.2) is 20.9 Å². The summed E-state index contributed by atoms with van der Waals surface area (Å²) in [7, 11) is 1.61. The largest absolute Gasteiger partial charge is 0.475 e. The average molecular weight is 395 g/mol. The van der Waals surface area contributed by atoms with Gasteiger partial charge in [0.1, 0.15) is 4.47 Å². The molecule has 2 heterocycles. The van der Waals surface area contributed by atoms with Gasteiger partial charge >= 0.3 is 0 Å². The molecule has 1 atom stereocenters. The van der Waals surface area contributed by atoms with Gasteiger partial charge in [-0.25, -0.2) is 9.67 Å². The van der Waals surface area contributed by atoms with E-state index in [9.17, 15) is 4.79 Å². The van der Waals surface area contributed by atoms with Crippen LogP contribution < -0.4 is 15.6 Å². The molecule has 0 amide bonds. The molecule has 7 heteroatoms. The van der Waals surface area contributed by atoms with Crippen LogP contribution in [0.1, 0.15) is 32.8 Å². The first kappa shape index (κ1) is 18.4. The molecule has 0 radical (unpaired) electrons. The second-order valence-corrected chi connectivity index (χ2v) is 7.01. The van der Waals surface area contributed by atoms with Gasteiger partial charge in [-0.05, 0) is 46.8 Å². The summed E-state index contributed by atoms with van der Waals surface area (Å²) >= 11 is 3.30. The number of ether oxygens (including phenoxy) is 1. The molecular formula is C17H23BrN4O2. The van der Waals surface area contributed by atoms with Crippen molar-refractivity contribution < 1.29 is 4.74 Å². The molecule has 6 nitrogen and oxygen atoms in total. The number of nitrogens with one attached hydrogen (secondary N) is 1. The summed E-state index contributed by atoms with van der Waals surface area (Å²) in [5, 5.41) is 7.21. The van der Waals surface area contributed by atoms with Crippen molar-refractivity contribution in [2.75, 3.05) is 5.32 Å². The molecule has 2 rings (SSSR count). The Balaban J connectivity index is 2.02. The first-order valence-corrected chi connectivity index (χ1v) is 8.73. The predicted molar refractivity (Wildman–Crippen MR) is 98.3 cm³/mol. The molecule has 0 fully saturated rings. The molecule has 0 bridgehead atoms. The van der Waals surface area contributed by atoms with E-state index in [1.54, 1.807) is 19.4 Å². The second-order valence-electron chi connectivity index (χ2n) is 6.21. The molecule has 0 saturated carbocycles. The highest BCUT2D eigenvalue weighted by atomic mass is 79.9. The molecule has 0 aliphatic rings. The van der Waals surface area contributed by atoms with E-state index in [1.807, 2.05) is 12.1 Å². The lowest BCUT2D eigenvalue weighted by atomic mass is 10.1. The first-order valence-electron chi connectivity index (χ1n) is 7.94. The molecule has 1 unspecified atom stereocenters. The quantitative estimate of drug-likeness (QED) is 0.779. The van der Waals surface area contributed by atoms with E-state index in [1.165, 1.54) is 4.68 Å². The summed E-state index contributed by atoms with van der Waals surface area (Å²) in [5.41, 5.74) is 1.50. The maximum absolute atomic E-state index is 11.8. The Morgan fingerprint density at radius 1 is 1.38 bits per heavy atom. The lowest BCUT2D eigenvalue weighted by molar-refractivity contribution is 0.185. The lowest BCUT2D eigenvalue weighted by Gasteiger charge is -2.16. The number of aromatic nitrogens is 3. The van der Waals surface area contributed by atoms with Crippen molar-refractivity contribution in [2.45, 2.75) is 39.8 Å². The van der Waals surface area contributed by atoms with Crippen molar-refractivity contribution >= 4 is 21.6 Å². The van der Waals surface area contributed by atoms with E-state index in [-0.39, 0.29) is 11.7 Å². The third-order valence-electron chi connectivity index (χ3n) is 3.49. The minimum absolute atomic E-state index is 0.121. The zero-order valence-corrected chi connectivity index (χ0v) is 16.0. The summed E-state index contributed by atoms with van der Waals surface area (Å²) in [5.74, 6) is 1.19. The van der Waals surface area contributed by atoms with Crippen LogP contribution in [0.5, 0.6) is 5.88 Å². The van der Waals surface area contributed by atoms with Crippen molar-refractivity contribution in [2.24, 2.45) is 13.0 Å². The zero-order chi connectivity index (χ0) is 17.7. The van der Waals surface area contributed by atoms with E-state index >= 15 is 0 Å². The van der Waals surface area contributed by atoms with Gasteiger partial charge < -0.3 is 10.1 Å². The highest BCUT2D eigenvalue weighted by Gasteiger charge is 2.09. The maximum Gasteiger partial charge on any atom is 0.282 e. The molecule has 0 aliphatic heterocycles. The Morgan fingerprint density at radius 3 is 2.83 bits per heavy atom. The fourth-order valence-electron chi connectivity index (χ4n) is 2.37. The number of hydrogen-bond donors (Lipinski definition) is 1. The molecule has 0 aromatic carbocycles. The molecule has 0 aliphatic carbocycles. The summed E-state index contributed by atoms with van der Waals surface area (Å²) in [6, 6.07) is 3.82. The zero-order valence-electron chi connectivity index (χ0n) is 14.4. The van der Waals surface area contributed by atoms with Gasteiger partial charge in [0.25, 0.3) is 5.56 Å². The Bertz CT molecular complexity index is 746. The van der Waals surface area contributed by atoms with Gasteiger partial charge in [-0.1, -0.05) is 13.8 Å². The molecule has 0 spiro atoms. The predicted octanol–water partition coefficient (Wildman–Crippen LogP) is 3.36. The van der Waals surface area contributed by atoms with E-state index in [0.29, 0.717) is 28.5 Å². The summed E-state index contributed by atoms with van der Waals surface area (Å²) in [6.45, 7) is 6.94. The van der Waals surface area contributed by atoms with Gasteiger partial charge in [-0.3, -0.25) is 4.79 Å². The van der Waals surface area contributed by atoms with Crippen LogP contribution in [-0.2, 0) is 13.6 Å². The lowest BCUT2D eigenvalue weighted by Crippen LogP contribution is -2.21. The Labute approximate surface area is 150 Å². The number of aryl methyl sites for hydroxylation is 1. The van der Waals surface area contributed by atoms with Crippen LogP contribution in [0, 0.1) is 5.92 Å². The average Bonchev–Trinajstić information content (AvgIpc) is 2.51. The summed E-state index contributed by atoms with van der Waals surface area (Å²) in [4.78, 5) is 16.1. The number of anilines is 1. The maximum atomic E-state index is 11.8. The van der Waals surface area contributed by atoms with Gasteiger partial charge in [-0.2, -0.15) is 5.10 Å². The highest BCUT2D eigenvalue weighted by molar-refractivity contribution is 9.10. The molecule has 1 N–H and O–H groups in total. The normalized spacial score (nSPS) is 12.2. The fraction of sp³-hybridized carbons (Fsp3) is 0.471. The molecule has 2 aromatic heterocycles. The van der Waals surface area contributed by atoms with Gasteiger partial charge in [0.2, 0.25) is 5.88 Å². The molecular weight excluding hydrogens is 372 g/mol. The number of halogens is 1. The van der Waals surface area contributed by atoms with Crippen LogP contribution in [0.3, 0.4) is 0 Å². The van der Waals surface area contributed by atoms with Gasteiger partial charge in [-0.15, -0.1) is 0 Å². The number of pyridine rings is 1. The van der Waals surface area contributed by atoms with E-state index in [2.05, 4.69) is 52.1 Å². The topological polar surface area (TPSA) is 69.0 Å². The van der Waals surface area contributed by atoms with Gasteiger partial charge in [0.15, 0.2) is 0 Å². The third kappa shape index (κ3) is 5.06. The van der Waals surface area contributed by atoms with E-state index < -0.39 is 0 Å².